The Labute approximate surface area is 322 Å². The Bertz CT molecular complexity index is 877. The van der Waals surface area contributed by atoms with Crippen molar-refractivity contribution in [2.45, 2.75) is 236 Å². The van der Waals surface area contributed by atoms with E-state index in [0.717, 1.165) is 32.1 Å². The van der Waals surface area contributed by atoms with E-state index in [2.05, 4.69) is 25.2 Å². The summed E-state index contributed by atoms with van der Waals surface area (Å²) < 4.78 is 11.0. The first-order chi connectivity index (χ1) is 25.7. The quantitative estimate of drug-likeness (QED) is 0.0277. The third-order valence-electron chi connectivity index (χ3n) is 10.6. The number of hydrogen-bond acceptors (Lipinski definition) is 10. The summed E-state index contributed by atoms with van der Waals surface area (Å²) in [6, 6.07) is -1.18. The molecule has 1 aliphatic heterocycles. The van der Waals surface area contributed by atoms with Crippen LogP contribution in [0.15, 0.2) is 12.2 Å². The Morgan fingerprint density at radius 1 is 0.642 bits per heavy atom. The minimum Gasteiger partial charge on any atom is -0.394 e. The fourth-order valence-corrected chi connectivity index (χ4v) is 6.91. The van der Waals surface area contributed by atoms with Crippen molar-refractivity contribution in [3.05, 3.63) is 12.2 Å². The molecule has 1 aliphatic rings. The molecule has 0 saturated carbocycles. The summed E-state index contributed by atoms with van der Waals surface area (Å²) in [6.45, 7) is 3.36. The number of aliphatic hydroxyl groups excluding tert-OH is 7. The van der Waals surface area contributed by atoms with Crippen molar-refractivity contribution in [2.24, 2.45) is 0 Å². The Kier molecular flexibility index (Phi) is 31.1. The molecule has 0 spiro atoms. The summed E-state index contributed by atoms with van der Waals surface area (Å²) >= 11 is 0. The fraction of sp³-hybridized carbons (Fsp3) is 0.929. The van der Waals surface area contributed by atoms with Gasteiger partial charge in [0, 0.05) is 0 Å². The van der Waals surface area contributed by atoms with Gasteiger partial charge in [0.05, 0.1) is 25.4 Å². The van der Waals surface area contributed by atoms with Gasteiger partial charge in [0.1, 0.15) is 36.6 Å². The van der Waals surface area contributed by atoms with Crippen molar-refractivity contribution in [3.63, 3.8) is 0 Å². The van der Waals surface area contributed by atoms with E-state index in [-0.39, 0.29) is 6.42 Å². The summed E-state index contributed by atoms with van der Waals surface area (Å²) in [6.07, 6.45) is 21.5. The van der Waals surface area contributed by atoms with Crippen LogP contribution in [0.25, 0.3) is 0 Å². The second-order valence-electron chi connectivity index (χ2n) is 15.4. The van der Waals surface area contributed by atoms with E-state index in [1.165, 1.54) is 109 Å². The van der Waals surface area contributed by atoms with Gasteiger partial charge in [-0.05, 0) is 32.1 Å². The highest BCUT2D eigenvalue weighted by molar-refractivity contribution is 5.80. The van der Waals surface area contributed by atoms with Crippen molar-refractivity contribution in [1.82, 2.24) is 5.32 Å². The Morgan fingerprint density at radius 2 is 1.11 bits per heavy atom. The predicted molar refractivity (Wildman–Crippen MR) is 210 cm³/mol. The number of unbranched alkanes of at least 4 members (excludes halogenated alkanes) is 21. The normalized spacial score (nSPS) is 22.9. The molecule has 11 nitrogen and oxygen atoms in total. The monoisotopic (exact) mass is 760 g/mol. The number of carbonyl (C=O) groups is 1. The molecule has 1 fully saturated rings. The summed E-state index contributed by atoms with van der Waals surface area (Å²) in [4.78, 5) is 12.9. The maximum absolute atomic E-state index is 12.9. The van der Waals surface area contributed by atoms with Crippen LogP contribution >= 0.6 is 0 Å². The van der Waals surface area contributed by atoms with Gasteiger partial charge in [0.2, 0.25) is 5.91 Å². The van der Waals surface area contributed by atoms with Gasteiger partial charge >= 0.3 is 0 Å². The van der Waals surface area contributed by atoms with Gasteiger partial charge in [0.15, 0.2) is 6.29 Å². The molecule has 314 valence electrons. The van der Waals surface area contributed by atoms with Gasteiger partial charge in [-0.15, -0.1) is 0 Å². The maximum Gasteiger partial charge on any atom is 0.249 e. The van der Waals surface area contributed by atoms with E-state index in [1.807, 2.05) is 6.08 Å². The minimum absolute atomic E-state index is 0.176. The maximum atomic E-state index is 12.9. The number of hydrogen-bond donors (Lipinski definition) is 8. The molecule has 0 aromatic heterocycles. The highest BCUT2D eigenvalue weighted by Gasteiger charge is 2.44. The summed E-state index contributed by atoms with van der Waals surface area (Å²) in [5.74, 6) is -0.733. The highest BCUT2D eigenvalue weighted by Crippen LogP contribution is 2.23. The van der Waals surface area contributed by atoms with E-state index in [0.29, 0.717) is 19.3 Å². The molecule has 1 rings (SSSR count). The average molecular weight is 760 g/mol. The van der Waals surface area contributed by atoms with Crippen LogP contribution in [0, 0.1) is 0 Å². The first-order valence-corrected chi connectivity index (χ1v) is 21.6. The number of rotatable bonds is 35. The highest BCUT2D eigenvalue weighted by atomic mass is 16.7. The molecule has 0 radical (unpaired) electrons. The molecule has 1 heterocycles. The molecule has 53 heavy (non-hydrogen) atoms. The molecule has 8 N–H and O–H groups in total. The summed E-state index contributed by atoms with van der Waals surface area (Å²) in [5, 5.41) is 75.2. The number of ether oxygens (including phenoxy) is 2. The van der Waals surface area contributed by atoms with Gasteiger partial charge in [-0.25, -0.2) is 0 Å². The van der Waals surface area contributed by atoms with Crippen LogP contribution in [-0.4, -0.2) is 110 Å². The van der Waals surface area contributed by atoms with Crippen molar-refractivity contribution in [2.75, 3.05) is 13.2 Å². The lowest BCUT2D eigenvalue weighted by Gasteiger charge is -2.40. The van der Waals surface area contributed by atoms with Crippen LogP contribution < -0.4 is 5.32 Å². The molecule has 0 aliphatic carbocycles. The van der Waals surface area contributed by atoms with Gasteiger partial charge in [-0.1, -0.05) is 161 Å². The van der Waals surface area contributed by atoms with E-state index in [4.69, 9.17) is 9.47 Å². The third-order valence-corrected chi connectivity index (χ3v) is 10.6. The molecule has 1 amide bonds. The van der Waals surface area contributed by atoms with Crippen LogP contribution in [0.4, 0.5) is 0 Å². The second-order valence-corrected chi connectivity index (χ2v) is 15.4. The largest absolute Gasteiger partial charge is 0.394 e. The van der Waals surface area contributed by atoms with Crippen molar-refractivity contribution in [3.8, 4) is 0 Å². The number of nitrogens with one attached hydrogen (secondary N) is 1. The lowest BCUT2D eigenvalue weighted by atomic mass is 9.98. The van der Waals surface area contributed by atoms with Gasteiger partial charge in [-0.2, -0.15) is 0 Å². The second kappa shape index (κ2) is 33.0. The first kappa shape index (κ1) is 49.9. The lowest BCUT2D eigenvalue weighted by molar-refractivity contribution is -0.303. The molecule has 0 bridgehead atoms. The molecule has 9 atom stereocenters. The Morgan fingerprint density at radius 3 is 1.62 bits per heavy atom. The van der Waals surface area contributed by atoms with Crippen LogP contribution in [0.2, 0.25) is 0 Å². The van der Waals surface area contributed by atoms with Gasteiger partial charge in [-0.3, -0.25) is 4.79 Å². The first-order valence-electron chi connectivity index (χ1n) is 21.6. The molecule has 1 saturated heterocycles. The predicted octanol–water partition coefficient (Wildman–Crippen LogP) is 6.11. The molecule has 9 unspecified atom stereocenters. The molecule has 11 heteroatoms. The van der Waals surface area contributed by atoms with Crippen LogP contribution in [0.3, 0.4) is 0 Å². The zero-order valence-electron chi connectivity index (χ0n) is 33.5. The number of aliphatic hydroxyl groups is 7. The fourth-order valence-electron chi connectivity index (χ4n) is 6.91. The van der Waals surface area contributed by atoms with E-state index < -0.39 is 74.2 Å². The van der Waals surface area contributed by atoms with E-state index in [1.54, 1.807) is 0 Å². The van der Waals surface area contributed by atoms with Crippen molar-refractivity contribution in [1.29, 1.82) is 0 Å². The smallest absolute Gasteiger partial charge is 0.249 e. The Hall–Kier alpha value is -1.15. The van der Waals surface area contributed by atoms with Gasteiger partial charge in [0.25, 0.3) is 0 Å². The molecule has 0 aromatic rings. The molecular weight excluding hydrogens is 678 g/mol. The van der Waals surface area contributed by atoms with Crippen molar-refractivity contribution >= 4 is 5.91 Å². The summed E-state index contributed by atoms with van der Waals surface area (Å²) in [5.41, 5.74) is 0. The van der Waals surface area contributed by atoms with E-state index >= 15 is 0 Å². The lowest BCUT2D eigenvalue weighted by Crippen LogP contribution is -2.60. The zero-order valence-corrected chi connectivity index (χ0v) is 33.5. The number of amides is 1. The number of allylic oxidation sites excluding steroid dienone is 2. The number of carbonyl (C=O) groups excluding carboxylic acids is 1. The standard InChI is InChI=1S/C42H81NO10/c1-3-5-7-9-11-13-14-15-16-17-18-19-20-21-22-24-25-27-29-34(45)37(47)33(32-52-42-40(50)39(49)38(48)36(31-44)53-42)43-41(51)35(46)30-28-26-23-12-10-8-6-4-2/h23,26,33-40,42,44-50H,3-22,24-25,27-32H2,1-2H3,(H,43,51)/b26-23-. The molecule has 0 aromatic carbocycles. The Balaban J connectivity index is 2.45. The zero-order chi connectivity index (χ0) is 39.1. The van der Waals surface area contributed by atoms with Crippen LogP contribution in [0.5, 0.6) is 0 Å². The minimum atomic E-state index is -1.66. The summed E-state index contributed by atoms with van der Waals surface area (Å²) in [7, 11) is 0. The van der Waals surface area contributed by atoms with Gasteiger partial charge < -0.3 is 50.5 Å². The third kappa shape index (κ3) is 23.5. The van der Waals surface area contributed by atoms with E-state index in [9.17, 15) is 40.5 Å². The average Bonchev–Trinajstić information content (AvgIpc) is 3.16. The topological polar surface area (TPSA) is 189 Å². The van der Waals surface area contributed by atoms with Crippen LogP contribution in [0.1, 0.15) is 181 Å². The molecular formula is C42H81NO10. The van der Waals surface area contributed by atoms with Crippen LogP contribution in [-0.2, 0) is 14.3 Å². The SMILES string of the molecule is CCCCCC/C=C\CCC(O)C(=O)NC(COC1OC(CO)C(O)C(O)C1O)C(O)C(O)CCCCCCCCCCCCCCCCCCCC. The van der Waals surface area contributed by atoms with Crippen molar-refractivity contribution < 1.29 is 50.0 Å².